The van der Waals surface area contributed by atoms with E-state index >= 15 is 0 Å². The van der Waals surface area contributed by atoms with E-state index in [9.17, 15) is 5.11 Å². The monoisotopic (exact) mass is 532 g/mol. The van der Waals surface area contributed by atoms with Crippen molar-refractivity contribution in [2.24, 2.45) is 23.2 Å². The van der Waals surface area contributed by atoms with Gasteiger partial charge in [0.05, 0.1) is 6.10 Å². The van der Waals surface area contributed by atoms with Crippen molar-refractivity contribution in [2.45, 2.75) is 122 Å². The van der Waals surface area contributed by atoms with Crippen LogP contribution in [0.4, 0.5) is 0 Å². The summed E-state index contributed by atoms with van der Waals surface area (Å²) in [4.78, 5) is 0. The Morgan fingerprint density at radius 2 is 1.59 bits per heavy atom. The first-order valence-corrected chi connectivity index (χ1v) is 16.2. The lowest BCUT2D eigenvalue weighted by atomic mass is 9.55. The maximum absolute atomic E-state index is 11.5. The number of hydrogen-bond donors (Lipinski definition) is 2. The second-order valence-corrected chi connectivity index (χ2v) is 13.2. The van der Waals surface area contributed by atoms with Crippen LogP contribution < -0.4 is 4.74 Å². The number of rotatable bonds is 14. The summed E-state index contributed by atoms with van der Waals surface area (Å²) in [6.07, 6.45) is 18.4. The summed E-state index contributed by atoms with van der Waals surface area (Å²) in [5.41, 5.74) is 4.38. The van der Waals surface area contributed by atoms with Gasteiger partial charge in [0, 0.05) is 6.61 Å². The van der Waals surface area contributed by atoms with Gasteiger partial charge in [-0.3, -0.25) is 0 Å². The van der Waals surface area contributed by atoms with Crippen LogP contribution in [0.3, 0.4) is 0 Å². The predicted octanol–water partition coefficient (Wildman–Crippen LogP) is 8.60. The van der Waals surface area contributed by atoms with Crippen molar-refractivity contribution in [3.8, 4) is 5.75 Å². The molecular weight excluding hydrogens is 480 g/mol. The Morgan fingerprint density at radius 3 is 2.33 bits per heavy atom. The summed E-state index contributed by atoms with van der Waals surface area (Å²) in [6.45, 7) is 3.38. The van der Waals surface area contributed by atoms with E-state index in [0.29, 0.717) is 31.0 Å². The van der Waals surface area contributed by atoms with Gasteiger partial charge in [-0.2, -0.15) is 0 Å². The zero-order valence-corrected chi connectivity index (χ0v) is 24.3. The molecule has 0 aromatic heterocycles. The zero-order chi connectivity index (χ0) is 27.1. The molecule has 5 rings (SSSR count). The number of fused-ring (bicyclic) bond motifs is 5. The fraction of sp³-hybridized carbons (Fsp3) is 0.667. The van der Waals surface area contributed by atoms with Gasteiger partial charge >= 0.3 is 0 Å². The fourth-order valence-electron chi connectivity index (χ4n) is 8.57. The van der Waals surface area contributed by atoms with Crippen LogP contribution in [-0.2, 0) is 13.0 Å². The first-order chi connectivity index (χ1) is 19.1. The van der Waals surface area contributed by atoms with E-state index in [4.69, 9.17) is 9.84 Å². The molecule has 3 nitrogen and oxygen atoms in total. The Morgan fingerprint density at radius 1 is 0.872 bits per heavy atom. The second-order valence-electron chi connectivity index (χ2n) is 13.2. The highest BCUT2D eigenvalue weighted by Gasteiger charge is 2.57. The van der Waals surface area contributed by atoms with E-state index in [1.54, 1.807) is 5.56 Å². The molecule has 3 aliphatic carbocycles. The maximum atomic E-state index is 11.5. The molecule has 2 fully saturated rings. The molecule has 2 saturated carbocycles. The number of aliphatic hydroxyl groups is 2. The van der Waals surface area contributed by atoms with E-state index in [1.807, 2.05) is 6.07 Å². The molecule has 0 spiro atoms. The molecule has 6 atom stereocenters. The van der Waals surface area contributed by atoms with Crippen molar-refractivity contribution in [3.63, 3.8) is 0 Å². The molecule has 3 aliphatic rings. The van der Waals surface area contributed by atoms with Crippen molar-refractivity contribution in [1.82, 2.24) is 0 Å². The molecule has 0 heterocycles. The Hall–Kier alpha value is -1.84. The molecule has 0 saturated heterocycles. The first-order valence-electron chi connectivity index (χ1n) is 16.2. The minimum Gasteiger partial charge on any atom is -0.489 e. The van der Waals surface area contributed by atoms with Crippen LogP contribution in [0.1, 0.15) is 119 Å². The van der Waals surface area contributed by atoms with Gasteiger partial charge in [-0.05, 0) is 103 Å². The van der Waals surface area contributed by atoms with Crippen molar-refractivity contribution in [2.75, 3.05) is 6.61 Å². The quantitative estimate of drug-likeness (QED) is 0.240. The van der Waals surface area contributed by atoms with E-state index in [0.717, 1.165) is 24.5 Å². The van der Waals surface area contributed by atoms with Gasteiger partial charge in [0.15, 0.2) is 0 Å². The fourth-order valence-corrected chi connectivity index (χ4v) is 8.57. The van der Waals surface area contributed by atoms with Crippen LogP contribution in [0, 0.1) is 23.2 Å². The van der Waals surface area contributed by atoms with E-state index in [1.165, 1.54) is 94.6 Å². The van der Waals surface area contributed by atoms with Crippen LogP contribution in [0.2, 0.25) is 0 Å². The van der Waals surface area contributed by atoms with Crippen molar-refractivity contribution >= 4 is 0 Å². The number of aryl methyl sites for hydroxylation is 1. The molecular formula is C36H52O3. The largest absolute Gasteiger partial charge is 0.489 e. The molecule has 0 unspecified atom stereocenters. The van der Waals surface area contributed by atoms with Gasteiger partial charge in [0.1, 0.15) is 12.4 Å². The number of hydrogen-bond acceptors (Lipinski definition) is 3. The van der Waals surface area contributed by atoms with Gasteiger partial charge in [-0.25, -0.2) is 0 Å². The van der Waals surface area contributed by atoms with E-state index in [-0.39, 0.29) is 11.5 Å². The molecule has 2 N–H and O–H groups in total. The lowest BCUT2D eigenvalue weighted by Gasteiger charge is -2.50. The lowest BCUT2D eigenvalue weighted by molar-refractivity contribution is -0.0335. The highest BCUT2D eigenvalue weighted by atomic mass is 16.5. The summed E-state index contributed by atoms with van der Waals surface area (Å²) in [6, 6.07) is 17.3. The summed E-state index contributed by atoms with van der Waals surface area (Å²) in [7, 11) is 0. The van der Waals surface area contributed by atoms with Crippen molar-refractivity contribution < 1.29 is 14.9 Å². The summed E-state index contributed by atoms with van der Waals surface area (Å²) >= 11 is 0. The summed E-state index contributed by atoms with van der Waals surface area (Å²) < 4.78 is 6.15. The average Bonchev–Trinajstić information content (AvgIpc) is 3.23. The molecule has 0 radical (unpaired) electrons. The first kappa shape index (κ1) is 28.7. The normalized spacial score (nSPS) is 29.5. The molecule has 3 heteroatoms. The zero-order valence-electron chi connectivity index (χ0n) is 24.3. The van der Waals surface area contributed by atoms with Gasteiger partial charge in [-0.1, -0.05) is 94.7 Å². The number of benzene rings is 2. The Labute approximate surface area is 237 Å². The van der Waals surface area contributed by atoms with Crippen LogP contribution >= 0.6 is 0 Å². The van der Waals surface area contributed by atoms with Gasteiger partial charge in [0.2, 0.25) is 0 Å². The molecule has 2 aromatic carbocycles. The molecule has 214 valence electrons. The maximum Gasteiger partial charge on any atom is 0.120 e. The van der Waals surface area contributed by atoms with Gasteiger partial charge in [0.25, 0.3) is 0 Å². The molecule has 0 aliphatic heterocycles. The Balaban J connectivity index is 1.11. The van der Waals surface area contributed by atoms with Crippen LogP contribution in [-0.4, -0.2) is 22.9 Å². The number of aliphatic hydroxyl groups excluding tert-OH is 2. The lowest BCUT2D eigenvalue weighted by Crippen LogP contribution is -2.44. The third kappa shape index (κ3) is 6.73. The third-order valence-corrected chi connectivity index (χ3v) is 10.8. The van der Waals surface area contributed by atoms with Gasteiger partial charge < -0.3 is 14.9 Å². The number of unbranched alkanes of at least 4 members (excludes halogenated alkanes) is 8. The Bertz CT molecular complexity index is 1020. The van der Waals surface area contributed by atoms with Crippen LogP contribution in [0.15, 0.2) is 48.5 Å². The minimum atomic E-state index is -0.120. The molecule has 0 amide bonds. The van der Waals surface area contributed by atoms with Crippen LogP contribution in [0.5, 0.6) is 5.75 Å². The smallest absolute Gasteiger partial charge is 0.120 e. The van der Waals surface area contributed by atoms with E-state index < -0.39 is 0 Å². The predicted molar refractivity (Wildman–Crippen MR) is 160 cm³/mol. The van der Waals surface area contributed by atoms with Crippen molar-refractivity contribution in [1.29, 1.82) is 0 Å². The average molecular weight is 533 g/mol. The molecule has 0 bridgehead atoms. The van der Waals surface area contributed by atoms with Crippen molar-refractivity contribution in [3.05, 3.63) is 65.2 Å². The molecule has 39 heavy (non-hydrogen) atoms. The van der Waals surface area contributed by atoms with Gasteiger partial charge in [-0.15, -0.1) is 0 Å². The molecule has 2 aromatic rings. The Kier molecular flexibility index (Phi) is 10.1. The van der Waals surface area contributed by atoms with Crippen LogP contribution in [0.25, 0.3) is 0 Å². The SMILES string of the molecule is C[C@]12CC[C@@H]3c4ccc(OCc5ccccc5)cc4CC[C@H]3[C@@H]1C[C@H](CCCCCCCCCCCO)[C@@H]2O. The minimum absolute atomic E-state index is 0.108. The highest BCUT2D eigenvalue weighted by molar-refractivity contribution is 5.41. The standard InChI is InChI=1S/C36H52O3/c1-36-22-21-32-31-20-18-30(39-26-27-14-10-9-11-15-27)24-28(31)17-19-33(32)34(36)25-29(35(36)38)16-12-7-5-3-2-4-6-8-13-23-37/h9-11,14-15,18,20,24,29,32-35,37-38H,2-8,12-13,16-17,19,21-23,25-26H2,1H3/t29-,32+,33+,34-,35-,36-/m0/s1. The summed E-state index contributed by atoms with van der Waals surface area (Å²) in [5.74, 6) is 3.52. The highest BCUT2D eigenvalue weighted by Crippen LogP contribution is 2.62. The number of ether oxygens (including phenoxy) is 1. The van der Waals surface area contributed by atoms with E-state index in [2.05, 4.69) is 49.4 Å². The second kappa shape index (κ2) is 13.7. The third-order valence-electron chi connectivity index (χ3n) is 10.8. The summed E-state index contributed by atoms with van der Waals surface area (Å²) in [5, 5.41) is 20.4. The topological polar surface area (TPSA) is 49.7 Å².